The number of hydrogen-bond donors (Lipinski definition) is 1. The molecule has 4 rings (SSSR count). The van der Waals surface area contributed by atoms with Crippen LogP contribution in [0, 0.1) is 0 Å². The lowest BCUT2D eigenvalue weighted by atomic mass is 10.1. The Morgan fingerprint density at radius 1 is 0.967 bits per heavy atom. The molecule has 1 fully saturated rings. The van der Waals surface area contributed by atoms with Crippen molar-refractivity contribution in [2.45, 2.75) is 44.9 Å². The predicted molar refractivity (Wildman–Crippen MR) is 120 cm³/mol. The molecule has 156 valence electrons. The summed E-state index contributed by atoms with van der Waals surface area (Å²) in [5.74, 6) is 1.57. The van der Waals surface area contributed by atoms with Crippen molar-refractivity contribution in [1.29, 1.82) is 0 Å². The maximum atomic E-state index is 6.34. The number of pyridine rings is 1. The molecule has 2 aromatic carbocycles. The summed E-state index contributed by atoms with van der Waals surface area (Å²) in [6.45, 7) is 1.20. The summed E-state index contributed by atoms with van der Waals surface area (Å²) in [5.41, 5.74) is 10.3. The Balaban J connectivity index is 1.71. The van der Waals surface area contributed by atoms with Gasteiger partial charge in [-0.2, -0.15) is 0 Å². The van der Waals surface area contributed by atoms with Gasteiger partial charge >= 0.3 is 0 Å². The van der Waals surface area contributed by atoms with Crippen LogP contribution < -0.4 is 20.1 Å². The molecule has 2 N–H and O–H groups in total. The molecular formula is C25H29N3O2. The number of rotatable bonds is 8. The van der Waals surface area contributed by atoms with Gasteiger partial charge in [-0.05, 0) is 67.1 Å². The Kier molecular flexibility index (Phi) is 6.50. The second kappa shape index (κ2) is 9.63. The van der Waals surface area contributed by atoms with Gasteiger partial charge in [0.2, 0.25) is 0 Å². The van der Waals surface area contributed by atoms with Crippen LogP contribution >= 0.6 is 0 Å². The van der Waals surface area contributed by atoms with Crippen LogP contribution in [-0.2, 0) is 13.1 Å². The maximum absolute atomic E-state index is 6.34. The molecule has 0 radical (unpaired) electrons. The number of nitrogens with two attached hydrogens (primary N) is 1. The van der Waals surface area contributed by atoms with E-state index in [1.807, 2.05) is 24.4 Å². The van der Waals surface area contributed by atoms with Crippen molar-refractivity contribution in [1.82, 2.24) is 4.98 Å². The third-order valence-electron chi connectivity index (χ3n) is 5.58. The Morgan fingerprint density at radius 2 is 1.77 bits per heavy atom. The van der Waals surface area contributed by atoms with E-state index in [1.165, 1.54) is 12.8 Å². The molecule has 1 aliphatic carbocycles. The molecule has 0 spiro atoms. The van der Waals surface area contributed by atoms with Gasteiger partial charge in [-0.1, -0.05) is 18.2 Å². The first-order valence-corrected chi connectivity index (χ1v) is 10.6. The Hall–Kier alpha value is -3.05. The van der Waals surface area contributed by atoms with Crippen LogP contribution in [0.4, 0.5) is 11.4 Å². The molecule has 0 saturated heterocycles. The molecule has 1 saturated carbocycles. The summed E-state index contributed by atoms with van der Waals surface area (Å²) in [6.07, 6.45) is 8.62. The zero-order valence-electron chi connectivity index (χ0n) is 17.5. The molecule has 1 aliphatic rings. The zero-order chi connectivity index (χ0) is 20.8. The molecule has 0 aliphatic heterocycles. The second-order valence-electron chi connectivity index (χ2n) is 7.68. The number of aromatic nitrogens is 1. The molecule has 30 heavy (non-hydrogen) atoms. The van der Waals surface area contributed by atoms with Crippen molar-refractivity contribution in [3.8, 4) is 11.5 Å². The fraction of sp³-hybridized carbons (Fsp3) is 0.320. The minimum Gasteiger partial charge on any atom is -0.493 e. The summed E-state index contributed by atoms with van der Waals surface area (Å²) in [5, 5.41) is 0. The van der Waals surface area contributed by atoms with Crippen molar-refractivity contribution < 1.29 is 9.47 Å². The van der Waals surface area contributed by atoms with Gasteiger partial charge in [0.05, 0.1) is 13.2 Å². The molecule has 0 amide bonds. The normalized spacial score (nSPS) is 13.9. The molecule has 1 aromatic heterocycles. The van der Waals surface area contributed by atoms with Gasteiger partial charge in [0.25, 0.3) is 0 Å². The molecule has 5 heteroatoms. The van der Waals surface area contributed by atoms with E-state index in [-0.39, 0.29) is 6.10 Å². The topological polar surface area (TPSA) is 60.6 Å². The Morgan fingerprint density at radius 3 is 2.50 bits per heavy atom. The van der Waals surface area contributed by atoms with Crippen LogP contribution in [0.25, 0.3) is 0 Å². The van der Waals surface area contributed by atoms with E-state index < -0.39 is 0 Å². The van der Waals surface area contributed by atoms with Gasteiger partial charge in [0.15, 0.2) is 11.5 Å². The fourth-order valence-corrected chi connectivity index (χ4v) is 3.97. The quantitative estimate of drug-likeness (QED) is 0.559. The smallest absolute Gasteiger partial charge is 0.163 e. The number of methoxy groups -OCH3 is 1. The second-order valence-corrected chi connectivity index (χ2v) is 7.68. The first-order chi connectivity index (χ1) is 14.8. The summed E-state index contributed by atoms with van der Waals surface area (Å²) < 4.78 is 11.9. The van der Waals surface area contributed by atoms with E-state index >= 15 is 0 Å². The van der Waals surface area contributed by atoms with Crippen molar-refractivity contribution in [2.75, 3.05) is 12.0 Å². The van der Waals surface area contributed by atoms with E-state index in [1.54, 1.807) is 13.3 Å². The van der Waals surface area contributed by atoms with Crippen LogP contribution in [0.5, 0.6) is 11.5 Å². The molecule has 1 heterocycles. The zero-order valence-corrected chi connectivity index (χ0v) is 17.5. The Labute approximate surface area is 178 Å². The highest BCUT2D eigenvalue weighted by molar-refractivity contribution is 5.67. The van der Waals surface area contributed by atoms with Gasteiger partial charge in [-0.25, -0.2) is 0 Å². The first-order valence-electron chi connectivity index (χ1n) is 10.6. The van der Waals surface area contributed by atoms with Crippen LogP contribution in [0.15, 0.2) is 67.0 Å². The van der Waals surface area contributed by atoms with Crippen molar-refractivity contribution >= 4 is 11.4 Å². The number of hydrogen-bond acceptors (Lipinski definition) is 5. The van der Waals surface area contributed by atoms with Crippen LogP contribution in [0.2, 0.25) is 0 Å². The van der Waals surface area contributed by atoms with Gasteiger partial charge in [0.1, 0.15) is 0 Å². The molecule has 5 nitrogen and oxygen atoms in total. The highest BCUT2D eigenvalue weighted by Crippen LogP contribution is 2.37. The largest absolute Gasteiger partial charge is 0.493 e. The van der Waals surface area contributed by atoms with Crippen molar-refractivity contribution in [3.05, 3.63) is 78.1 Å². The van der Waals surface area contributed by atoms with Crippen LogP contribution in [0.3, 0.4) is 0 Å². The fourth-order valence-electron chi connectivity index (χ4n) is 3.97. The van der Waals surface area contributed by atoms with E-state index in [0.717, 1.165) is 46.8 Å². The summed E-state index contributed by atoms with van der Waals surface area (Å²) in [6, 6.07) is 18.5. The third kappa shape index (κ3) is 4.74. The van der Waals surface area contributed by atoms with Crippen LogP contribution in [0.1, 0.15) is 36.8 Å². The molecule has 0 atom stereocenters. The average Bonchev–Trinajstić information content (AvgIpc) is 3.31. The highest BCUT2D eigenvalue weighted by atomic mass is 16.5. The van der Waals surface area contributed by atoms with E-state index in [2.05, 4.69) is 46.3 Å². The number of benzene rings is 2. The lowest BCUT2D eigenvalue weighted by Gasteiger charge is -2.27. The number of anilines is 2. The third-order valence-corrected chi connectivity index (χ3v) is 5.58. The van der Waals surface area contributed by atoms with Gasteiger partial charge in [-0.3, -0.25) is 4.98 Å². The summed E-state index contributed by atoms with van der Waals surface area (Å²) >= 11 is 0. The molecule has 0 unspecified atom stereocenters. The lowest BCUT2D eigenvalue weighted by Crippen LogP contribution is -2.18. The van der Waals surface area contributed by atoms with E-state index in [0.29, 0.717) is 13.1 Å². The summed E-state index contributed by atoms with van der Waals surface area (Å²) in [7, 11) is 1.69. The van der Waals surface area contributed by atoms with Gasteiger partial charge in [0, 0.05) is 42.9 Å². The standard InChI is InChI=1S/C25H29N3O2/c1-29-24-12-11-22(15-25(24)30-23-9-2-3-10-23)28(18-20-7-5-13-27-17-20)21-8-4-6-19(14-21)16-26/h4-8,11-15,17,23H,2-3,9-10,16,18,26H2,1H3. The molecular weight excluding hydrogens is 374 g/mol. The summed E-state index contributed by atoms with van der Waals surface area (Å²) in [4.78, 5) is 6.54. The monoisotopic (exact) mass is 403 g/mol. The molecule has 3 aromatic rings. The first kappa shape index (κ1) is 20.2. The predicted octanol–water partition coefficient (Wildman–Crippen LogP) is 5.21. The maximum Gasteiger partial charge on any atom is 0.163 e. The van der Waals surface area contributed by atoms with E-state index in [4.69, 9.17) is 15.2 Å². The van der Waals surface area contributed by atoms with Crippen LogP contribution in [-0.4, -0.2) is 18.2 Å². The van der Waals surface area contributed by atoms with Crippen molar-refractivity contribution in [3.63, 3.8) is 0 Å². The van der Waals surface area contributed by atoms with Gasteiger partial charge < -0.3 is 20.1 Å². The number of ether oxygens (including phenoxy) is 2. The van der Waals surface area contributed by atoms with E-state index in [9.17, 15) is 0 Å². The number of nitrogens with zero attached hydrogens (tertiary/aromatic N) is 2. The minimum absolute atomic E-state index is 0.265. The lowest BCUT2D eigenvalue weighted by molar-refractivity contribution is 0.201. The van der Waals surface area contributed by atoms with Gasteiger partial charge in [-0.15, -0.1) is 0 Å². The minimum atomic E-state index is 0.265. The highest BCUT2D eigenvalue weighted by Gasteiger charge is 2.20. The van der Waals surface area contributed by atoms with Crippen molar-refractivity contribution in [2.24, 2.45) is 5.73 Å². The Bertz CT molecular complexity index is 956. The average molecular weight is 404 g/mol. The SMILES string of the molecule is COc1ccc(N(Cc2cccnc2)c2cccc(CN)c2)cc1OC1CCCC1. The molecule has 0 bridgehead atoms.